The summed E-state index contributed by atoms with van der Waals surface area (Å²) in [6.45, 7) is 4.17. The average molecular weight is 338 g/mol. The molecule has 1 aliphatic heterocycles. The Morgan fingerprint density at radius 1 is 1.32 bits per heavy atom. The van der Waals surface area contributed by atoms with Gasteiger partial charge < -0.3 is 15.6 Å². The van der Waals surface area contributed by atoms with Gasteiger partial charge in [-0.2, -0.15) is 0 Å². The molecule has 2 fully saturated rings. The van der Waals surface area contributed by atoms with Crippen LogP contribution in [-0.2, 0) is 4.79 Å². The Kier molecular flexibility index (Phi) is 4.34. The molecule has 3 N–H and O–H groups in total. The van der Waals surface area contributed by atoms with E-state index in [0.717, 1.165) is 55.9 Å². The maximum Gasteiger partial charge on any atom is 0.224 e. The first-order valence-corrected chi connectivity index (χ1v) is 9.33. The molecule has 5 heteroatoms. The molecule has 0 radical (unpaired) electrons. The average Bonchev–Trinajstić information content (AvgIpc) is 3.13. The summed E-state index contributed by atoms with van der Waals surface area (Å²) in [5.74, 6) is 1.23. The summed E-state index contributed by atoms with van der Waals surface area (Å²) in [6.07, 6.45) is 5.98. The van der Waals surface area contributed by atoms with Crippen molar-refractivity contribution in [1.29, 1.82) is 0 Å². The largest absolute Gasteiger partial charge is 0.346 e. The van der Waals surface area contributed by atoms with E-state index >= 15 is 0 Å². The van der Waals surface area contributed by atoms with E-state index in [0.29, 0.717) is 0 Å². The number of aromatic amines is 1. The van der Waals surface area contributed by atoms with E-state index in [1.807, 2.05) is 24.4 Å². The Bertz CT molecular complexity index is 733. The summed E-state index contributed by atoms with van der Waals surface area (Å²) >= 11 is 0. The first kappa shape index (κ1) is 16.3. The lowest BCUT2D eigenvalue weighted by Gasteiger charge is -2.24. The number of H-pyrrole nitrogens is 1. The van der Waals surface area contributed by atoms with Crippen molar-refractivity contribution in [2.24, 2.45) is 11.3 Å². The Morgan fingerprint density at radius 3 is 2.80 bits per heavy atom. The molecule has 1 spiro atoms. The van der Waals surface area contributed by atoms with E-state index in [2.05, 4.69) is 39.7 Å². The Morgan fingerprint density at radius 2 is 2.08 bits per heavy atom. The highest BCUT2D eigenvalue weighted by atomic mass is 16.2. The zero-order valence-corrected chi connectivity index (χ0v) is 14.7. The molecule has 1 saturated heterocycles. The zero-order valence-electron chi connectivity index (χ0n) is 14.7. The van der Waals surface area contributed by atoms with Crippen molar-refractivity contribution < 1.29 is 4.79 Å². The summed E-state index contributed by atoms with van der Waals surface area (Å²) in [5, 5.41) is 6.62. The fourth-order valence-corrected chi connectivity index (χ4v) is 4.11. The second-order valence-corrected chi connectivity index (χ2v) is 7.39. The van der Waals surface area contributed by atoms with Gasteiger partial charge in [-0.15, -0.1) is 0 Å². The van der Waals surface area contributed by atoms with Crippen LogP contribution >= 0.6 is 0 Å². The first-order valence-electron chi connectivity index (χ1n) is 9.33. The van der Waals surface area contributed by atoms with Gasteiger partial charge in [0.15, 0.2) is 0 Å². The van der Waals surface area contributed by atoms with Gasteiger partial charge in [0.05, 0.1) is 17.9 Å². The Hall–Kier alpha value is -2.14. The molecule has 2 unspecified atom stereocenters. The van der Waals surface area contributed by atoms with E-state index < -0.39 is 0 Å². The molecule has 2 atom stereocenters. The zero-order chi connectivity index (χ0) is 17.3. The standard InChI is InChI=1S/C20H26N4O/c1-2-16(18-22-13-17(23-18)14-6-4-3-5-7-14)24-19(25)15-12-20(15)8-10-21-11-9-20/h3-7,13,15-16,21H,2,8-12H2,1H3,(H,22,23)(H,24,25). The van der Waals surface area contributed by atoms with Crippen LogP contribution in [0.25, 0.3) is 11.3 Å². The molecule has 2 heterocycles. The van der Waals surface area contributed by atoms with Gasteiger partial charge in [0, 0.05) is 5.92 Å². The SMILES string of the molecule is CCC(NC(=O)C1CC12CCNCC2)c1ncc(-c2ccccc2)[nH]1. The monoisotopic (exact) mass is 338 g/mol. The third-order valence-electron chi connectivity index (χ3n) is 5.84. The molecule has 0 bridgehead atoms. The number of carbonyl (C=O) groups is 1. The number of imidazole rings is 1. The molecule has 1 amide bonds. The van der Waals surface area contributed by atoms with E-state index in [1.54, 1.807) is 0 Å². The molecule has 1 saturated carbocycles. The summed E-state index contributed by atoms with van der Waals surface area (Å²) in [6, 6.07) is 10.1. The van der Waals surface area contributed by atoms with Crippen LogP contribution in [0.1, 0.15) is 44.5 Å². The number of amides is 1. The van der Waals surface area contributed by atoms with Gasteiger partial charge in [-0.3, -0.25) is 4.79 Å². The first-order chi connectivity index (χ1) is 12.2. The third kappa shape index (κ3) is 3.21. The van der Waals surface area contributed by atoms with E-state index in [1.165, 1.54) is 0 Å². The maximum absolute atomic E-state index is 12.7. The van der Waals surface area contributed by atoms with Gasteiger partial charge in [0.2, 0.25) is 5.91 Å². The van der Waals surface area contributed by atoms with Crippen LogP contribution in [0.5, 0.6) is 0 Å². The van der Waals surface area contributed by atoms with Gasteiger partial charge in [-0.05, 0) is 49.8 Å². The van der Waals surface area contributed by atoms with Crippen molar-refractivity contribution in [1.82, 2.24) is 20.6 Å². The smallest absolute Gasteiger partial charge is 0.224 e. The highest BCUT2D eigenvalue weighted by Gasteiger charge is 2.57. The van der Waals surface area contributed by atoms with Crippen LogP contribution in [0.3, 0.4) is 0 Å². The number of carbonyl (C=O) groups excluding carboxylic acids is 1. The summed E-state index contributed by atoms with van der Waals surface area (Å²) in [5.41, 5.74) is 2.37. The Balaban J connectivity index is 1.43. The van der Waals surface area contributed by atoms with E-state index in [9.17, 15) is 4.79 Å². The quantitative estimate of drug-likeness (QED) is 0.785. The molecular formula is C20H26N4O. The second kappa shape index (κ2) is 6.64. The molecule has 5 nitrogen and oxygen atoms in total. The number of hydrogen-bond acceptors (Lipinski definition) is 3. The number of piperidine rings is 1. The van der Waals surface area contributed by atoms with Crippen LogP contribution in [-0.4, -0.2) is 29.0 Å². The van der Waals surface area contributed by atoms with Gasteiger partial charge in [-0.25, -0.2) is 4.98 Å². The third-order valence-corrected chi connectivity index (χ3v) is 5.84. The Labute approximate surface area is 148 Å². The highest BCUT2D eigenvalue weighted by Crippen LogP contribution is 2.58. The summed E-state index contributed by atoms with van der Waals surface area (Å²) in [7, 11) is 0. The number of nitrogens with zero attached hydrogens (tertiary/aromatic N) is 1. The molecule has 2 aromatic rings. The van der Waals surface area contributed by atoms with Crippen molar-refractivity contribution in [2.75, 3.05) is 13.1 Å². The van der Waals surface area contributed by atoms with Crippen molar-refractivity contribution in [2.45, 2.75) is 38.6 Å². The molecule has 1 aliphatic carbocycles. The predicted octanol–water partition coefficient (Wildman–Crippen LogP) is 3.03. The molecule has 132 valence electrons. The summed E-state index contributed by atoms with van der Waals surface area (Å²) < 4.78 is 0. The molecule has 1 aromatic heterocycles. The minimum Gasteiger partial charge on any atom is -0.346 e. The lowest BCUT2D eigenvalue weighted by Crippen LogP contribution is -2.35. The van der Waals surface area contributed by atoms with E-state index in [4.69, 9.17) is 0 Å². The molecule has 2 aliphatic rings. The number of benzene rings is 1. The number of nitrogens with one attached hydrogen (secondary N) is 3. The van der Waals surface area contributed by atoms with Gasteiger partial charge >= 0.3 is 0 Å². The second-order valence-electron chi connectivity index (χ2n) is 7.39. The van der Waals surface area contributed by atoms with Crippen molar-refractivity contribution in [3.8, 4) is 11.3 Å². The minimum absolute atomic E-state index is 0.0515. The predicted molar refractivity (Wildman–Crippen MR) is 97.8 cm³/mol. The van der Waals surface area contributed by atoms with Crippen LogP contribution in [0.15, 0.2) is 36.5 Å². The molecule has 1 aromatic carbocycles. The van der Waals surface area contributed by atoms with Gasteiger partial charge in [0.1, 0.15) is 5.82 Å². The van der Waals surface area contributed by atoms with Crippen LogP contribution in [0.4, 0.5) is 0 Å². The lowest BCUT2D eigenvalue weighted by molar-refractivity contribution is -0.124. The minimum atomic E-state index is -0.0515. The number of hydrogen-bond donors (Lipinski definition) is 3. The molecular weight excluding hydrogens is 312 g/mol. The fourth-order valence-electron chi connectivity index (χ4n) is 4.11. The van der Waals surface area contributed by atoms with Crippen molar-refractivity contribution in [3.05, 3.63) is 42.4 Å². The van der Waals surface area contributed by atoms with Crippen LogP contribution in [0, 0.1) is 11.3 Å². The van der Waals surface area contributed by atoms with Crippen molar-refractivity contribution in [3.63, 3.8) is 0 Å². The number of rotatable bonds is 5. The molecule has 25 heavy (non-hydrogen) atoms. The lowest BCUT2D eigenvalue weighted by atomic mass is 9.91. The van der Waals surface area contributed by atoms with Gasteiger partial charge in [-0.1, -0.05) is 37.3 Å². The van der Waals surface area contributed by atoms with Crippen LogP contribution in [0.2, 0.25) is 0 Å². The van der Waals surface area contributed by atoms with Gasteiger partial charge in [0.25, 0.3) is 0 Å². The summed E-state index contributed by atoms with van der Waals surface area (Å²) in [4.78, 5) is 20.6. The van der Waals surface area contributed by atoms with E-state index in [-0.39, 0.29) is 23.3 Å². The fraction of sp³-hybridized carbons (Fsp3) is 0.500. The topological polar surface area (TPSA) is 69.8 Å². The number of aromatic nitrogens is 2. The maximum atomic E-state index is 12.7. The normalized spacial score (nSPS) is 22.5. The van der Waals surface area contributed by atoms with Crippen LogP contribution < -0.4 is 10.6 Å². The van der Waals surface area contributed by atoms with Crippen molar-refractivity contribution >= 4 is 5.91 Å². The molecule has 4 rings (SSSR count). The highest BCUT2D eigenvalue weighted by molar-refractivity contribution is 5.83.